The number of alkyl halides is 3. The summed E-state index contributed by atoms with van der Waals surface area (Å²) in [4.78, 5) is 3.87. The SMILES string of the molecule is FC(F)(F)SCCOc1cccnc1Br. The van der Waals surface area contributed by atoms with Crippen molar-refractivity contribution in [3.63, 3.8) is 0 Å². The predicted molar refractivity (Wildman–Crippen MR) is 55.9 cm³/mol. The van der Waals surface area contributed by atoms with Crippen LogP contribution in [0.15, 0.2) is 22.9 Å². The first-order chi connectivity index (χ1) is 6.99. The molecule has 15 heavy (non-hydrogen) atoms. The van der Waals surface area contributed by atoms with Crippen molar-refractivity contribution < 1.29 is 17.9 Å². The first-order valence-corrected chi connectivity index (χ1v) is 5.71. The van der Waals surface area contributed by atoms with E-state index in [1.165, 1.54) is 0 Å². The van der Waals surface area contributed by atoms with E-state index in [0.717, 1.165) is 0 Å². The van der Waals surface area contributed by atoms with Gasteiger partial charge in [0.2, 0.25) is 0 Å². The maximum Gasteiger partial charge on any atom is 0.441 e. The van der Waals surface area contributed by atoms with Crippen LogP contribution in [-0.4, -0.2) is 22.9 Å². The molecule has 0 bridgehead atoms. The Kier molecular flexibility index (Phi) is 4.72. The Hall–Kier alpha value is -0.430. The van der Waals surface area contributed by atoms with Gasteiger partial charge in [-0.3, -0.25) is 0 Å². The van der Waals surface area contributed by atoms with Crippen molar-refractivity contribution in [2.75, 3.05) is 12.4 Å². The Labute approximate surface area is 97.3 Å². The molecule has 1 aromatic rings. The van der Waals surface area contributed by atoms with Crippen molar-refractivity contribution in [2.24, 2.45) is 0 Å². The molecule has 0 fully saturated rings. The first kappa shape index (κ1) is 12.6. The molecule has 0 aromatic carbocycles. The summed E-state index contributed by atoms with van der Waals surface area (Å²) in [5.41, 5.74) is -4.20. The molecule has 2 nitrogen and oxygen atoms in total. The minimum Gasteiger partial charge on any atom is -0.490 e. The fourth-order valence-corrected chi connectivity index (χ4v) is 1.55. The monoisotopic (exact) mass is 301 g/mol. The molecule has 0 saturated carbocycles. The lowest BCUT2D eigenvalue weighted by Gasteiger charge is -2.08. The third kappa shape index (κ3) is 5.27. The summed E-state index contributed by atoms with van der Waals surface area (Å²) in [5.74, 6) is 0.311. The number of nitrogens with zero attached hydrogens (tertiary/aromatic N) is 1. The zero-order valence-electron chi connectivity index (χ0n) is 7.42. The van der Waals surface area contributed by atoms with Gasteiger partial charge in [-0.25, -0.2) is 4.98 Å². The van der Waals surface area contributed by atoms with Gasteiger partial charge in [0.15, 0.2) is 5.75 Å². The minimum atomic E-state index is -4.20. The van der Waals surface area contributed by atoms with E-state index in [-0.39, 0.29) is 24.1 Å². The van der Waals surface area contributed by atoms with Crippen LogP contribution < -0.4 is 4.74 Å². The molecule has 0 aliphatic heterocycles. The fraction of sp³-hybridized carbons (Fsp3) is 0.375. The van der Waals surface area contributed by atoms with Crippen molar-refractivity contribution in [1.82, 2.24) is 4.98 Å². The van der Waals surface area contributed by atoms with Crippen LogP contribution in [0.4, 0.5) is 13.2 Å². The Bertz CT molecular complexity index is 321. The minimum absolute atomic E-state index is 0.00549. The number of halogens is 4. The Morgan fingerprint density at radius 1 is 1.47 bits per heavy atom. The molecule has 0 aliphatic carbocycles. The first-order valence-electron chi connectivity index (χ1n) is 3.93. The number of pyridine rings is 1. The topological polar surface area (TPSA) is 22.1 Å². The van der Waals surface area contributed by atoms with Crippen molar-refractivity contribution in [2.45, 2.75) is 5.51 Å². The summed E-state index contributed by atoms with van der Waals surface area (Å²) in [5, 5.41) is 0. The second kappa shape index (κ2) is 5.60. The molecule has 1 aromatic heterocycles. The van der Waals surface area contributed by atoms with Crippen molar-refractivity contribution >= 4 is 27.7 Å². The molecule has 7 heteroatoms. The van der Waals surface area contributed by atoms with Gasteiger partial charge in [0.25, 0.3) is 0 Å². The lowest BCUT2D eigenvalue weighted by molar-refractivity contribution is -0.0329. The van der Waals surface area contributed by atoms with E-state index in [0.29, 0.717) is 10.4 Å². The van der Waals surface area contributed by atoms with Gasteiger partial charge in [-0.15, -0.1) is 0 Å². The zero-order valence-corrected chi connectivity index (χ0v) is 9.82. The van der Waals surface area contributed by atoms with Crippen LogP contribution in [0.2, 0.25) is 0 Å². The van der Waals surface area contributed by atoms with Gasteiger partial charge in [-0.05, 0) is 39.8 Å². The average Bonchev–Trinajstić information content (AvgIpc) is 2.13. The lowest BCUT2D eigenvalue weighted by Crippen LogP contribution is -2.07. The van der Waals surface area contributed by atoms with Crippen molar-refractivity contribution in [3.05, 3.63) is 22.9 Å². The predicted octanol–water partition coefficient (Wildman–Crippen LogP) is 3.48. The number of hydrogen-bond donors (Lipinski definition) is 0. The van der Waals surface area contributed by atoms with E-state index in [2.05, 4.69) is 20.9 Å². The van der Waals surface area contributed by atoms with Gasteiger partial charge < -0.3 is 4.74 Å². The van der Waals surface area contributed by atoms with Crippen LogP contribution in [0.1, 0.15) is 0 Å². The molecule has 0 unspecified atom stereocenters. The van der Waals surface area contributed by atoms with E-state index < -0.39 is 5.51 Å². The molecule has 1 heterocycles. The molecule has 1 rings (SSSR count). The van der Waals surface area contributed by atoms with E-state index in [1.54, 1.807) is 18.3 Å². The molecule has 0 atom stereocenters. The van der Waals surface area contributed by atoms with Crippen LogP contribution in [0.3, 0.4) is 0 Å². The molecule has 0 aliphatic rings. The van der Waals surface area contributed by atoms with Crippen LogP contribution in [0.5, 0.6) is 5.75 Å². The van der Waals surface area contributed by atoms with Crippen LogP contribution in [0.25, 0.3) is 0 Å². The number of aromatic nitrogens is 1. The van der Waals surface area contributed by atoms with Gasteiger partial charge in [0.05, 0.1) is 6.61 Å². The maximum atomic E-state index is 11.7. The van der Waals surface area contributed by atoms with Gasteiger partial charge >= 0.3 is 5.51 Å². The summed E-state index contributed by atoms with van der Waals surface area (Å²) in [7, 11) is 0. The van der Waals surface area contributed by atoms with E-state index in [9.17, 15) is 13.2 Å². The molecule has 0 spiro atoms. The third-order valence-electron chi connectivity index (χ3n) is 1.33. The van der Waals surface area contributed by atoms with Gasteiger partial charge in [-0.2, -0.15) is 13.2 Å². The summed E-state index contributed by atoms with van der Waals surface area (Å²) in [6.45, 7) is -0.00549. The highest BCUT2D eigenvalue weighted by molar-refractivity contribution is 9.10. The highest BCUT2D eigenvalue weighted by Crippen LogP contribution is 2.30. The number of ether oxygens (including phenoxy) is 1. The summed E-state index contributed by atoms with van der Waals surface area (Å²) in [6, 6.07) is 3.28. The van der Waals surface area contributed by atoms with Gasteiger partial charge in [-0.1, -0.05) is 0 Å². The number of hydrogen-bond acceptors (Lipinski definition) is 3. The number of thioether (sulfide) groups is 1. The van der Waals surface area contributed by atoms with Crippen LogP contribution >= 0.6 is 27.7 Å². The lowest BCUT2D eigenvalue weighted by atomic mass is 10.5. The number of rotatable bonds is 4. The summed E-state index contributed by atoms with van der Waals surface area (Å²) >= 11 is 3.02. The maximum absolute atomic E-state index is 11.7. The van der Waals surface area contributed by atoms with Crippen LogP contribution in [0, 0.1) is 0 Å². The molecule has 0 saturated heterocycles. The van der Waals surface area contributed by atoms with E-state index in [4.69, 9.17) is 4.74 Å². The highest BCUT2D eigenvalue weighted by Gasteiger charge is 2.27. The standard InChI is InChI=1S/C8H7BrF3NOS/c9-7-6(2-1-3-13-7)14-4-5-15-8(10,11)12/h1-3H,4-5H2. The second-order valence-electron chi connectivity index (χ2n) is 2.44. The quantitative estimate of drug-likeness (QED) is 0.628. The Balaban J connectivity index is 2.30. The van der Waals surface area contributed by atoms with Crippen LogP contribution in [-0.2, 0) is 0 Å². The van der Waals surface area contributed by atoms with Crippen molar-refractivity contribution in [3.8, 4) is 5.75 Å². The zero-order chi connectivity index (χ0) is 11.3. The average molecular weight is 302 g/mol. The molecule has 0 N–H and O–H groups in total. The molecule has 84 valence electrons. The van der Waals surface area contributed by atoms with E-state index >= 15 is 0 Å². The smallest absolute Gasteiger partial charge is 0.441 e. The Morgan fingerprint density at radius 3 is 2.80 bits per heavy atom. The van der Waals surface area contributed by atoms with E-state index in [1.807, 2.05) is 0 Å². The molecule has 0 radical (unpaired) electrons. The second-order valence-corrected chi connectivity index (χ2v) is 4.35. The third-order valence-corrected chi connectivity index (χ3v) is 2.63. The summed E-state index contributed by atoms with van der Waals surface area (Å²) < 4.78 is 40.8. The van der Waals surface area contributed by atoms with Gasteiger partial charge in [0.1, 0.15) is 4.60 Å². The molecular weight excluding hydrogens is 295 g/mol. The summed E-state index contributed by atoms with van der Waals surface area (Å²) in [6.07, 6.45) is 1.56. The highest BCUT2D eigenvalue weighted by atomic mass is 79.9. The Morgan fingerprint density at radius 2 is 2.20 bits per heavy atom. The molecule has 0 amide bonds. The van der Waals surface area contributed by atoms with Crippen molar-refractivity contribution in [1.29, 1.82) is 0 Å². The van der Waals surface area contributed by atoms with Gasteiger partial charge in [0, 0.05) is 11.9 Å². The normalized spacial score (nSPS) is 11.5. The fourth-order valence-electron chi connectivity index (χ4n) is 0.788. The largest absolute Gasteiger partial charge is 0.490 e. The molecular formula is C8H7BrF3NOS.